The molecule has 1 aliphatic rings. The Hall–Kier alpha value is -11.4. The maximum Gasteiger partial charge on any atom is 0.442 e. The van der Waals surface area contributed by atoms with E-state index < -0.39 is 58.0 Å². The van der Waals surface area contributed by atoms with Crippen LogP contribution in [0.1, 0.15) is 95.5 Å². The van der Waals surface area contributed by atoms with Crippen molar-refractivity contribution in [1.29, 1.82) is 0 Å². The van der Waals surface area contributed by atoms with Crippen LogP contribution in [0.4, 0.5) is 58.1 Å². The van der Waals surface area contributed by atoms with Gasteiger partial charge in [-0.15, -0.1) is 14.9 Å². The number of aryl methyl sites for hydroxylation is 1. The van der Waals surface area contributed by atoms with Gasteiger partial charge in [0.25, 0.3) is 5.91 Å². The number of benzene rings is 8. The van der Waals surface area contributed by atoms with Crippen LogP contribution in [0.5, 0.6) is 17.2 Å². The monoisotopic (exact) mass is 1700 g/mol. The number of rotatable bonds is 20. The Kier molecular flexibility index (Phi) is 37.9. The Balaban J connectivity index is 0.000000216. The molecule has 6 N–H and O–H groups in total. The van der Waals surface area contributed by atoms with E-state index in [1.807, 2.05) is 61.5 Å². The highest BCUT2D eigenvalue weighted by atomic mass is 35.5. The lowest BCUT2D eigenvalue weighted by Crippen LogP contribution is -2.48. The maximum absolute atomic E-state index is 12.1. The fourth-order valence-electron chi connectivity index (χ4n) is 9.53. The van der Waals surface area contributed by atoms with Gasteiger partial charge in [0.15, 0.2) is 10.9 Å². The topological polar surface area (TPSA) is 358 Å². The number of carbonyl (C=O) groups is 7. The highest BCUT2D eigenvalue weighted by Gasteiger charge is 2.37. The number of nitrogens with one attached hydrogen (secondary N) is 6. The lowest BCUT2D eigenvalue weighted by Gasteiger charge is -2.31. The van der Waals surface area contributed by atoms with Gasteiger partial charge in [-0.05, 0) is 149 Å². The van der Waals surface area contributed by atoms with E-state index in [-0.39, 0.29) is 28.0 Å². The first-order valence-corrected chi connectivity index (χ1v) is 39.3. The molecule has 0 saturated heterocycles. The van der Waals surface area contributed by atoms with Gasteiger partial charge < -0.3 is 33.5 Å². The second-order valence-electron chi connectivity index (χ2n) is 24.0. The largest absolute Gasteiger partial charge is 0.453 e. The van der Waals surface area contributed by atoms with Crippen molar-refractivity contribution in [3.63, 3.8) is 0 Å². The molecular weight excluding hydrogens is 1620 g/mol. The Bertz CT molecular complexity index is 5140. The number of ether oxygens (including phenoxy) is 5. The van der Waals surface area contributed by atoms with Crippen molar-refractivity contribution < 1.29 is 70.2 Å². The summed E-state index contributed by atoms with van der Waals surface area (Å²) >= 11 is 30.1. The van der Waals surface area contributed by atoms with Crippen molar-refractivity contribution in [2.45, 2.75) is 92.5 Å². The molecule has 28 nitrogen and oxygen atoms in total. The molecule has 10 aromatic rings. The minimum atomic E-state index is -3.75. The molecule has 0 spiro atoms. The van der Waals surface area contributed by atoms with E-state index in [4.69, 9.17) is 81.5 Å². The van der Waals surface area contributed by atoms with E-state index in [9.17, 15) is 51.6 Å². The van der Waals surface area contributed by atoms with Crippen LogP contribution in [0, 0.1) is 6.92 Å². The van der Waals surface area contributed by atoms with Gasteiger partial charge in [0.2, 0.25) is 5.91 Å². The van der Waals surface area contributed by atoms with E-state index in [1.54, 1.807) is 137 Å². The van der Waals surface area contributed by atoms with Gasteiger partial charge in [0.05, 0.1) is 50.7 Å². The molecule has 0 unspecified atom stereocenters. The van der Waals surface area contributed by atoms with Crippen LogP contribution in [0.15, 0.2) is 214 Å². The molecule has 8 aromatic carbocycles. The number of para-hydroxylation sites is 2. The second-order valence-corrected chi connectivity index (χ2v) is 28.6. The zero-order chi connectivity index (χ0) is 83.3. The number of unbranched alkanes of at least 4 members (excludes halogenated alkanes) is 5. The molecule has 602 valence electrons. The highest BCUT2D eigenvalue weighted by molar-refractivity contribution is 8.13. The van der Waals surface area contributed by atoms with Crippen LogP contribution in [0.25, 0.3) is 16.9 Å². The summed E-state index contributed by atoms with van der Waals surface area (Å²) in [6.07, 6.45) is 5.26. The molecule has 0 aliphatic carbocycles. The Morgan fingerprint density at radius 3 is 1.66 bits per heavy atom. The lowest BCUT2D eigenvalue weighted by molar-refractivity contribution is -0.115. The number of hydrogen-bond acceptors (Lipinski definition) is 20. The first-order valence-electron chi connectivity index (χ1n) is 35.0. The predicted molar refractivity (Wildman–Crippen MR) is 446 cm³/mol. The number of nitrogens with zero attached hydrogens (tertiary/aromatic N) is 5. The van der Waals surface area contributed by atoms with E-state index in [0.29, 0.717) is 89.8 Å². The molecule has 0 saturated carbocycles. The van der Waals surface area contributed by atoms with Gasteiger partial charge in [-0.2, -0.15) is 8.42 Å². The van der Waals surface area contributed by atoms with Gasteiger partial charge in [0, 0.05) is 77.5 Å². The summed E-state index contributed by atoms with van der Waals surface area (Å²) in [5.41, 5.74) is 5.74. The molecule has 0 bridgehead atoms. The van der Waals surface area contributed by atoms with Gasteiger partial charge >= 0.3 is 51.3 Å². The summed E-state index contributed by atoms with van der Waals surface area (Å²) in [5, 5.41) is 22.3. The minimum absolute atomic E-state index is 0.0432. The molecule has 0 fully saturated rings. The summed E-state index contributed by atoms with van der Waals surface area (Å²) in [4.78, 5) is 104. The first-order chi connectivity index (χ1) is 54.5. The molecule has 35 heteroatoms. The average molecular weight is 1700 g/mol. The highest BCUT2D eigenvalue weighted by Crippen LogP contribution is 2.32. The zero-order valence-corrected chi connectivity index (χ0v) is 68.3. The number of fused-ring (bicyclic) bond motifs is 1. The summed E-state index contributed by atoms with van der Waals surface area (Å²) in [6.45, 7) is 11.2. The lowest BCUT2D eigenvalue weighted by atomic mass is 10.1. The summed E-state index contributed by atoms with van der Waals surface area (Å²) < 4.78 is 58.3. The quantitative estimate of drug-likeness (QED) is 0.0305. The van der Waals surface area contributed by atoms with Crippen LogP contribution in [-0.4, -0.2) is 99.2 Å². The van der Waals surface area contributed by atoms with E-state index >= 15 is 0 Å². The molecular formula is C79H82Cl5N11O17S2. The van der Waals surface area contributed by atoms with Crippen molar-refractivity contribution in [2.75, 3.05) is 50.8 Å². The van der Waals surface area contributed by atoms with Crippen molar-refractivity contribution in [2.24, 2.45) is 7.05 Å². The summed E-state index contributed by atoms with van der Waals surface area (Å²) in [6, 6.07) is 55.8. The Labute approximate surface area is 687 Å². The standard InChI is InChI=1S/C19H23ClN2O2S.2C16H16N2O4.C10H12N2O3S.C9H6Cl2N2O3.C9H9Cl2NO/c1-2-3-4-5-6-10-13-25-19(23)24-16-14-17(20)21-22-18(16)15-11-8-7-9-12-15;1-11-5-3-6-12(9-11)18-16(20)22-14-8-4-7-13(10-14)17-15(19)21-2;1-2-21-15(19)18-13-9-6-10-14(11-13)22-16(20)17-12-7-4-3-5-8-12;1-7(2)12-10(13)8-5-3-4-6-9(8)11-16(12,14)15;1-12-8(14)13(16-9(12)15)5-2-3-6(10)7(11)4-5;1-2-9(13)12-6-3-4-7(10)8(11)5-6/h7-9,11-12,14H,2-6,10,13H2,1H3;3-10H,1-2H3,(H,17,19)(H,18,20);3-11H,2H2,1H3,(H,17,20)(H,18,19);3-7,11H,1-2H3;2-4H,1H3;3-5H,2H2,1H3,(H,12,13). The number of thioether (sulfide) groups is 1. The third-order valence-electron chi connectivity index (χ3n) is 14.9. The average Bonchev–Trinajstić information content (AvgIpc) is 0.906. The van der Waals surface area contributed by atoms with Crippen molar-refractivity contribution in [3.05, 3.63) is 258 Å². The maximum atomic E-state index is 12.1. The molecule has 3 heterocycles. The van der Waals surface area contributed by atoms with E-state index in [2.05, 4.69) is 53.2 Å². The fraction of sp³-hybridized carbons (Fsp3) is 0.228. The van der Waals surface area contributed by atoms with Crippen LogP contribution >= 0.6 is 69.8 Å². The minimum Gasteiger partial charge on any atom is -0.453 e. The predicted octanol–water partition coefficient (Wildman–Crippen LogP) is 20.0. The number of aromatic nitrogens is 4. The normalized spacial score (nSPS) is 11.2. The molecule has 0 atom stereocenters. The SMILES string of the molecule is CC(C)N1C(=O)c2ccccc2NS1(=O)=O.CCC(=O)Nc1ccc(Cl)c(Cl)c1.CCCCCCCCSC(=O)Oc1cc(Cl)nnc1-c1ccccc1.CCOC(=O)Nc1cccc(OC(=O)Nc2ccccc2)c1.COC(=O)Nc1cccc(OC(=O)Nc2cccc(C)c2)c1.Cn1c(=O)on(-c2ccc(Cl)c(Cl)c2)c1=O. The molecule has 11 rings (SSSR count). The van der Waals surface area contributed by atoms with Crippen LogP contribution in [0.3, 0.4) is 0 Å². The van der Waals surface area contributed by atoms with Gasteiger partial charge in [0.1, 0.15) is 17.2 Å². The second kappa shape index (κ2) is 47.2. The molecule has 2 aromatic heterocycles. The van der Waals surface area contributed by atoms with Crippen LogP contribution < -0.4 is 57.0 Å². The summed E-state index contributed by atoms with van der Waals surface area (Å²) in [7, 11) is -1.16. The third kappa shape index (κ3) is 31.0. The first kappa shape index (κ1) is 91.5. The zero-order valence-electron chi connectivity index (χ0n) is 62.9. The number of anilines is 6. The van der Waals surface area contributed by atoms with E-state index in [1.165, 1.54) is 88.0 Å². The molecule has 0 radical (unpaired) electrons. The number of amides is 6. The number of carbonyl (C=O) groups excluding carboxylic acids is 7. The Morgan fingerprint density at radius 2 is 1.09 bits per heavy atom. The van der Waals surface area contributed by atoms with Crippen molar-refractivity contribution in [3.8, 4) is 34.2 Å². The Morgan fingerprint density at radius 1 is 0.553 bits per heavy atom. The van der Waals surface area contributed by atoms with Gasteiger partial charge in [-0.25, -0.2) is 42.4 Å². The molecule has 1 aliphatic heterocycles. The van der Waals surface area contributed by atoms with Crippen molar-refractivity contribution >= 4 is 156 Å². The van der Waals surface area contributed by atoms with Crippen molar-refractivity contribution in [1.82, 2.24) is 23.8 Å². The number of halogens is 5. The van der Waals surface area contributed by atoms with Gasteiger partial charge in [-0.3, -0.25) is 35.6 Å². The van der Waals surface area contributed by atoms with Gasteiger partial charge in [-0.1, -0.05) is 189 Å². The smallest absolute Gasteiger partial charge is 0.442 e. The van der Waals surface area contributed by atoms with Crippen LogP contribution in [-0.2, 0) is 31.5 Å². The fourth-order valence-corrected chi connectivity index (χ4v) is 12.4. The molecule has 6 amide bonds. The number of hydrogen-bond donors (Lipinski definition) is 6. The summed E-state index contributed by atoms with van der Waals surface area (Å²) in [5.74, 6) is 0.449. The third-order valence-corrected chi connectivity index (χ3v) is 19.0. The molecule has 114 heavy (non-hydrogen) atoms. The van der Waals surface area contributed by atoms with Crippen LogP contribution in [0.2, 0.25) is 25.2 Å². The van der Waals surface area contributed by atoms with E-state index in [0.717, 1.165) is 43.3 Å². The number of methoxy groups -OCH3 is 1.